The van der Waals surface area contributed by atoms with Gasteiger partial charge in [0.25, 0.3) is 0 Å². The number of ether oxygens (including phenoxy) is 3. The molecule has 3 aromatic heterocycles. The molecule has 10 rings (SSSR count). The number of rotatable bonds is 31. The number of amides is 3. The van der Waals surface area contributed by atoms with Crippen LogP contribution in [0, 0.1) is 0 Å². The van der Waals surface area contributed by atoms with Gasteiger partial charge in [-0.15, -0.1) is 11.6 Å². The molecule has 0 bridgehead atoms. The molecule has 23 heteroatoms. The second-order valence-electron chi connectivity index (χ2n) is 22.3. The second-order valence-corrected chi connectivity index (χ2v) is 22.5. The van der Waals surface area contributed by atoms with Crippen molar-refractivity contribution in [1.29, 1.82) is 0 Å². The third-order valence-electron chi connectivity index (χ3n) is 15.2. The van der Waals surface area contributed by atoms with Crippen molar-refractivity contribution in [2.75, 3.05) is 78.0 Å². The number of unbranched alkanes of at least 4 members (excludes halogenated alkanes) is 3. The number of nitrogen functional groups attached to an aromatic ring is 3. The molecule has 7 aromatic rings. The zero-order valence-corrected chi connectivity index (χ0v) is 52.7. The molecule has 0 atom stereocenters. The summed E-state index contributed by atoms with van der Waals surface area (Å²) in [5, 5.41) is 21.4. The fourth-order valence-electron chi connectivity index (χ4n) is 10.1. The van der Waals surface area contributed by atoms with E-state index in [1.165, 1.54) is 11.1 Å². The van der Waals surface area contributed by atoms with E-state index in [4.69, 9.17) is 48.1 Å². The van der Waals surface area contributed by atoms with Gasteiger partial charge in [0.15, 0.2) is 0 Å². The lowest BCUT2D eigenvalue weighted by Gasteiger charge is -2.23. The van der Waals surface area contributed by atoms with Crippen LogP contribution in [-0.4, -0.2) is 109 Å². The highest BCUT2D eigenvalue weighted by Crippen LogP contribution is 2.36. The summed E-state index contributed by atoms with van der Waals surface area (Å²) >= 11 is 5.82. The summed E-state index contributed by atoms with van der Waals surface area (Å²) < 4.78 is 16.8. The molecular formula is C67H85ClN14O8. The van der Waals surface area contributed by atoms with Crippen LogP contribution in [0.2, 0.25) is 0 Å². The Kier molecular flexibility index (Phi) is 25.8. The van der Waals surface area contributed by atoms with E-state index in [0.29, 0.717) is 96.9 Å². The van der Waals surface area contributed by atoms with Crippen molar-refractivity contribution < 1.29 is 38.8 Å². The molecule has 6 heterocycles. The van der Waals surface area contributed by atoms with Crippen LogP contribution < -0.4 is 51.4 Å². The van der Waals surface area contributed by atoms with Crippen LogP contribution in [0.5, 0.6) is 18.0 Å². The van der Waals surface area contributed by atoms with Gasteiger partial charge in [-0.2, -0.15) is 29.9 Å². The molecular weight excluding hydrogens is 1160 g/mol. The number of aliphatic hydroxyl groups is 2. The fraction of sp³-hybridized carbons (Fsp3) is 0.418. The Labute approximate surface area is 532 Å². The van der Waals surface area contributed by atoms with Crippen molar-refractivity contribution in [3.63, 3.8) is 0 Å². The minimum Gasteiger partial charge on any atom is -0.463 e. The summed E-state index contributed by atoms with van der Waals surface area (Å²) in [5.41, 5.74) is 27.8. The molecule has 4 aromatic carbocycles. The standard InChI is InChI=1S/C28H35N5O3.C21H29N5O3.C18H21ClN4O2/c1-2-3-16-36-28-30-26(29)24-17-25(35)33(27(24)31-28)20-23-12-10-22(11-13-23)19-32(14-7-15-34)18-21-8-5-4-6-9-21;1-2-3-11-29-21-24-19(22)17-12-18(28)26(20(17)25-21)14-16-7-5-15(6-8-16)13-23-9-4-10-27;1-2-3-8-25-18-21-16(20)14-9-15(24)23(17(14)22-18)11-13-6-4-12(10-19)5-7-13/h4-6,8-13,34H,2-3,7,14-20H2,1H3,(H2,29,30,31);5-8,23,27H,2-4,9-14H2,1H3,(H2,22,24,25);4-7H,2-3,8-11H2,1H3,(H2,20,21,22). The Morgan fingerprint density at radius 2 is 0.833 bits per heavy atom. The Morgan fingerprint density at radius 3 is 1.20 bits per heavy atom. The number of carbonyl (C=O) groups excluding carboxylic acids is 3. The van der Waals surface area contributed by atoms with E-state index in [-0.39, 0.29) is 68.2 Å². The lowest BCUT2D eigenvalue weighted by Crippen LogP contribution is -2.27. The van der Waals surface area contributed by atoms with Gasteiger partial charge in [0.2, 0.25) is 17.7 Å². The quantitative estimate of drug-likeness (QED) is 0.0175. The SMILES string of the molecule is CCCCOc1nc(N)c2c(n1)N(Cc1ccc(CCl)cc1)C(=O)C2.CCCCOc1nc(N)c2c(n1)N(Cc1ccc(CN(CCCO)Cc3ccccc3)cc1)C(=O)C2.CCCCOc1nc(N)c2c(n1)N(Cc1ccc(CNCCCO)cc1)C(=O)C2. The maximum Gasteiger partial charge on any atom is 0.320 e. The molecule has 0 spiro atoms. The fourth-order valence-corrected chi connectivity index (χ4v) is 10.3. The van der Waals surface area contributed by atoms with Crippen molar-refractivity contribution in [2.45, 2.75) is 137 Å². The van der Waals surface area contributed by atoms with E-state index < -0.39 is 0 Å². The minimum absolute atomic E-state index is 0.0388. The number of hydrogen-bond acceptors (Lipinski definition) is 19. The normalized spacial score (nSPS) is 13.0. The monoisotopic (exact) mass is 1250 g/mol. The predicted molar refractivity (Wildman–Crippen MR) is 350 cm³/mol. The molecule has 90 heavy (non-hydrogen) atoms. The highest BCUT2D eigenvalue weighted by atomic mass is 35.5. The van der Waals surface area contributed by atoms with E-state index in [1.807, 2.05) is 66.7 Å². The Balaban J connectivity index is 0.000000177. The first kappa shape index (κ1) is 67.4. The Hall–Kier alpha value is -8.54. The van der Waals surface area contributed by atoms with Gasteiger partial charge in [-0.05, 0) is 77.6 Å². The van der Waals surface area contributed by atoms with Crippen molar-refractivity contribution in [2.24, 2.45) is 0 Å². The molecule has 3 aliphatic rings. The summed E-state index contributed by atoms with van der Waals surface area (Å²) in [6.07, 6.45) is 7.86. The molecule has 0 fully saturated rings. The molecule has 3 amide bonds. The van der Waals surface area contributed by atoms with Gasteiger partial charge < -0.3 is 46.9 Å². The summed E-state index contributed by atoms with van der Waals surface area (Å²) in [7, 11) is 0. The van der Waals surface area contributed by atoms with E-state index >= 15 is 0 Å². The maximum absolute atomic E-state index is 12.8. The number of nitrogens with one attached hydrogen (secondary N) is 1. The van der Waals surface area contributed by atoms with Crippen molar-refractivity contribution in [1.82, 2.24) is 40.1 Å². The van der Waals surface area contributed by atoms with Crippen molar-refractivity contribution >= 4 is 64.2 Å². The first-order valence-electron chi connectivity index (χ1n) is 31.1. The van der Waals surface area contributed by atoms with Crippen LogP contribution in [0.25, 0.3) is 0 Å². The number of alkyl halides is 1. The van der Waals surface area contributed by atoms with Crippen LogP contribution >= 0.6 is 11.6 Å². The topological polar surface area (TPSA) is 300 Å². The van der Waals surface area contributed by atoms with Crippen LogP contribution in [0.4, 0.5) is 34.9 Å². The van der Waals surface area contributed by atoms with E-state index in [1.54, 1.807) is 14.7 Å². The highest BCUT2D eigenvalue weighted by molar-refractivity contribution is 6.17. The van der Waals surface area contributed by atoms with Gasteiger partial charge in [-0.1, -0.05) is 143 Å². The third-order valence-corrected chi connectivity index (χ3v) is 15.5. The number of carbonyl (C=O) groups is 3. The number of nitrogens with two attached hydrogens (primary N) is 3. The van der Waals surface area contributed by atoms with Crippen LogP contribution in [0.1, 0.15) is 128 Å². The third kappa shape index (κ3) is 19.0. The molecule has 0 unspecified atom stereocenters. The van der Waals surface area contributed by atoms with Crippen LogP contribution in [0.3, 0.4) is 0 Å². The van der Waals surface area contributed by atoms with Gasteiger partial charge in [0.1, 0.15) is 34.9 Å². The number of hydrogen-bond donors (Lipinski definition) is 6. The molecule has 0 aliphatic carbocycles. The van der Waals surface area contributed by atoms with Gasteiger partial charge in [0.05, 0.1) is 58.7 Å². The Bertz CT molecular complexity index is 3440. The number of benzene rings is 4. The minimum atomic E-state index is -0.0428. The zero-order chi connectivity index (χ0) is 63.8. The second kappa shape index (κ2) is 34.4. The molecule has 0 saturated carbocycles. The molecule has 9 N–H and O–H groups in total. The zero-order valence-electron chi connectivity index (χ0n) is 51.9. The van der Waals surface area contributed by atoms with E-state index in [2.05, 4.69) is 97.3 Å². The van der Waals surface area contributed by atoms with E-state index in [9.17, 15) is 19.5 Å². The van der Waals surface area contributed by atoms with Crippen LogP contribution in [0.15, 0.2) is 103 Å². The number of aromatic nitrogens is 6. The molecule has 0 saturated heterocycles. The number of anilines is 6. The van der Waals surface area contributed by atoms with Crippen molar-refractivity contribution in [3.8, 4) is 18.0 Å². The van der Waals surface area contributed by atoms with Crippen molar-refractivity contribution in [3.05, 3.63) is 159 Å². The van der Waals surface area contributed by atoms with Gasteiger partial charge in [-0.3, -0.25) is 34.0 Å². The number of nitrogens with zero attached hydrogens (tertiary/aromatic N) is 10. The first-order valence-corrected chi connectivity index (χ1v) is 31.6. The number of fused-ring (bicyclic) bond motifs is 3. The summed E-state index contributed by atoms with van der Waals surface area (Å²) in [6.45, 7) is 13.4. The molecule has 0 radical (unpaired) electrons. The average molecular weight is 1250 g/mol. The lowest BCUT2D eigenvalue weighted by atomic mass is 10.1. The number of aliphatic hydroxyl groups excluding tert-OH is 2. The van der Waals surface area contributed by atoms with Gasteiger partial charge in [0, 0.05) is 62.0 Å². The molecule has 3 aliphatic heterocycles. The Morgan fingerprint density at radius 1 is 0.478 bits per heavy atom. The molecule has 22 nitrogen and oxygen atoms in total. The maximum atomic E-state index is 12.8. The first-order chi connectivity index (χ1) is 43.8. The van der Waals surface area contributed by atoms with Gasteiger partial charge >= 0.3 is 18.0 Å². The lowest BCUT2D eigenvalue weighted by molar-refractivity contribution is -0.118. The summed E-state index contributed by atoms with van der Waals surface area (Å²) in [5.74, 6) is 2.90. The number of halogens is 1. The van der Waals surface area contributed by atoms with Crippen LogP contribution in [-0.2, 0) is 78.8 Å². The summed E-state index contributed by atoms with van der Waals surface area (Å²) in [4.78, 5) is 71.0. The highest BCUT2D eigenvalue weighted by Gasteiger charge is 2.35. The average Bonchev–Trinajstić information content (AvgIpc) is 1.68. The van der Waals surface area contributed by atoms with Gasteiger partial charge in [-0.25, -0.2) is 0 Å². The smallest absolute Gasteiger partial charge is 0.320 e. The predicted octanol–water partition coefficient (Wildman–Crippen LogP) is 8.58. The summed E-state index contributed by atoms with van der Waals surface area (Å²) in [6, 6.07) is 35.3. The molecule has 478 valence electrons. The van der Waals surface area contributed by atoms with E-state index in [0.717, 1.165) is 112 Å². The largest absolute Gasteiger partial charge is 0.463 e.